The molecule has 0 saturated heterocycles. The van der Waals surface area contributed by atoms with Crippen LogP contribution in [0, 0.1) is 10.1 Å². The van der Waals surface area contributed by atoms with Crippen molar-refractivity contribution in [3.05, 3.63) is 69.6 Å². The number of nitrogens with zero attached hydrogens (tertiary/aromatic N) is 3. The fraction of sp³-hybridized carbons (Fsp3) is 0.273. The molecule has 0 saturated carbocycles. The summed E-state index contributed by atoms with van der Waals surface area (Å²) in [7, 11) is 0. The molecule has 0 spiro atoms. The maximum Gasteiger partial charge on any atom is 0.416 e. The second-order valence-corrected chi connectivity index (χ2v) is 9.01. The van der Waals surface area contributed by atoms with Gasteiger partial charge in [-0.25, -0.2) is 14.7 Å². The van der Waals surface area contributed by atoms with E-state index in [0.29, 0.717) is 17.7 Å². The Morgan fingerprint density at radius 2 is 1.89 bits per heavy atom. The lowest BCUT2D eigenvalue weighted by Gasteiger charge is -2.23. The Kier molecular flexibility index (Phi) is 9.19. The molecule has 188 valence electrons. The van der Waals surface area contributed by atoms with Crippen LogP contribution in [-0.2, 0) is 6.18 Å². The standard InChI is InChI=1S/C22H22F3N5O3S.HI/c1-21(2,26)9-10-27-19(31)29(16-7-4-6-15(12-16)22(23,24)25)20-28-18(13-34-20)14-5-3-8-17(11-14)30(32)33;/h3-8,11-13H,9-10,26H2,1-2H3,(H,27,31);1H. The van der Waals surface area contributed by atoms with Crippen LogP contribution in [0.15, 0.2) is 53.9 Å². The van der Waals surface area contributed by atoms with E-state index in [1.165, 1.54) is 30.3 Å². The number of nitro benzene ring substituents is 1. The third kappa shape index (κ3) is 7.60. The van der Waals surface area contributed by atoms with Crippen molar-refractivity contribution in [2.45, 2.75) is 32.0 Å². The maximum atomic E-state index is 13.3. The molecule has 0 aliphatic rings. The van der Waals surface area contributed by atoms with Gasteiger partial charge in [0.1, 0.15) is 0 Å². The number of nitrogens with two attached hydrogens (primary N) is 1. The van der Waals surface area contributed by atoms with Gasteiger partial charge in [-0.2, -0.15) is 13.2 Å². The topological polar surface area (TPSA) is 114 Å². The number of urea groups is 1. The summed E-state index contributed by atoms with van der Waals surface area (Å²) in [4.78, 5) is 29.0. The molecular weight excluding hydrogens is 598 g/mol. The number of aromatic nitrogens is 1. The molecule has 0 aliphatic heterocycles. The summed E-state index contributed by atoms with van der Waals surface area (Å²) in [6, 6.07) is 9.45. The van der Waals surface area contributed by atoms with Crippen LogP contribution in [-0.4, -0.2) is 28.0 Å². The number of amides is 2. The van der Waals surface area contributed by atoms with E-state index in [-0.39, 0.29) is 47.0 Å². The molecule has 0 radical (unpaired) electrons. The fourth-order valence-electron chi connectivity index (χ4n) is 2.98. The number of nitro groups is 1. The SMILES string of the molecule is CC(C)(N)CCNC(=O)N(c1cccc(C(F)(F)F)c1)c1nc(-c2cccc([N+](=O)[O-])c2)cs1.I. The van der Waals surface area contributed by atoms with Crippen molar-refractivity contribution < 1.29 is 22.9 Å². The molecule has 2 aromatic carbocycles. The average molecular weight is 621 g/mol. The van der Waals surface area contributed by atoms with Crippen LogP contribution < -0.4 is 16.0 Å². The summed E-state index contributed by atoms with van der Waals surface area (Å²) in [5.74, 6) is 0. The van der Waals surface area contributed by atoms with E-state index in [2.05, 4.69) is 10.3 Å². The van der Waals surface area contributed by atoms with E-state index in [1.807, 2.05) is 0 Å². The number of non-ortho nitro benzene ring substituents is 1. The first-order chi connectivity index (χ1) is 15.8. The van der Waals surface area contributed by atoms with Crippen LogP contribution in [0.25, 0.3) is 11.3 Å². The number of hydrogen-bond donors (Lipinski definition) is 2. The lowest BCUT2D eigenvalue weighted by atomic mass is 10.0. The van der Waals surface area contributed by atoms with Crippen molar-refractivity contribution in [1.82, 2.24) is 10.3 Å². The molecule has 0 fully saturated rings. The van der Waals surface area contributed by atoms with E-state index >= 15 is 0 Å². The first kappa shape index (κ1) is 28.5. The van der Waals surface area contributed by atoms with Gasteiger partial charge in [-0.15, -0.1) is 35.3 Å². The van der Waals surface area contributed by atoms with Gasteiger partial charge in [0.15, 0.2) is 5.13 Å². The Morgan fingerprint density at radius 1 is 1.20 bits per heavy atom. The van der Waals surface area contributed by atoms with Crippen molar-refractivity contribution in [1.29, 1.82) is 0 Å². The Labute approximate surface area is 220 Å². The second kappa shape index (κ2) is 11.3. The predicted molar refractivity (Wildman–Crippen MR) is 139 cm³/mol. The predicted octanol–water partition coefficient (Wildman–Crippen LogP) is 6.33. The summed E-state index contributed by atoms with van der Waals surface area (Å²) >= 11 is 1.02. The summed E-state index contributed by atoms with van der Waals surface area (Å²) < 4.78 is 39.9. The van der Waals surface area contributed by atoms with Gasteiger partial charge in [-0.3, -0.25) is 10.1 Å². The zero-order chi connectivity index (χ0) is 25.1. The monoisotopic (exact) mass is 621 g/mol. The van der Waals surface area contributed by atoms with Crippen molar-refractivity contribution >= 4 is 57.9 Å². The average Bonchev–Trinajstić information content (AvgIpc) is 3.22. The highest BCUT2D eigenvalue weighted by molar-refractivity contribution is 14.0. The van der Waals surface area contributed by atoms with Gasteiger partial charge in [0, 0.05) is 35.2 Å². The molecule has 1 aromatic heterocycles. The molecule has 35 heavy (non-hydrogen) atoms. The number of benzene rings is 2. The number of nitrogens with one attached hydrogen (secondary N) is 1. The van der Waals surface area contributed by atoms with Crippen LogP contribution in [0.5, 0.6) is 0 Å². The third-order valence-corrected chi connectivity index (χ3v) is 5.54. The number of carbonyl (C=O) groups is 1. The minimum atomic E-state index is -4.60. The third-order valence-electron chi connectivity index (χ3n) is 4.72. The molecule has 3 aromatic rings. The van der Waals surface area contributed by atoms with Crippen molar-refractivity contribution in [3.63, 3.8) is 0 Å². The summed E-state index contributed by atoms with van der Waals surface area (Å²) in [5, 5.41) is 15.4. The summed E-state index contributed by atoms with van der Waals surface area (Å²) in [6.45, 7) is 3.77. The highest BCUT2D eigenvalue weighted by Gasteiger charge is 2.32. The molecule has 0 atom stereocenters. The minimum Gasteiger partial charge on any atom is -0.337 e. The van der Waals surface area contributed by atoms with E-state index in [9.17, 15) is 28.1 Å². The summed E-state index contributed by atoms with van der Waals surface area (Å²) in [6.07, 6.45) is -4.16. The Morgan fingerprint density at radius 3 is 2.51 bits per heavy atom. The Balaban J connectivity index is 0.00000432. The number of hydrogen-bond acceptors (Lipinski definition) is 6. The molecule has 0 aliphatic carbocycles. The number of halogens is 4. The highest BCUT2D eigenvalue weighted by Crippen LogP contribution is 2.36. The smallest absolute Gasteiger partial charge is 0.337 e. The van der Waals surface area contributed by atoms with Crippen LogP contribution in [0.2, 0.25) is 0 Å². The molecule has 8 nitrogen and oxygen atoms in total. The van der Waals surface area contributed by atoms with Crippen LogP contribution in [0.3, 0.4) is 0 Å². The zero-order valence-electron chi connectivity index (χ0n) is 18.7. The molecule has 0 unspecified atom stereocenters. The number of thiazole rings is 1. The second-order valence-electron chi connectivity index (χ2n) is 8.18. The number of anilines is 2. The van der Waals surface area contributed by atoms with Gasteiger partial charge in [-0.1, -0.05) is 18.2 Å². The van der Waals surface area contributed by atoms with Crippen LogP contribution in [0.1, 0.15) is 25.8 Å². The normalized spacial score (nSPS) is 11.5. The molecule has 3 rings (SSSR count). The van der Waals surface area contributed by atoms with Crippen molar-refractivity contribution in [3.8, 4) is 11.3 Å². The highest BCUT2D eigenvalue weighted by atomic mass is 127. The van der Waals surface area contributed by atoms with Crippen molar-refractivity contribution in [2.75, 3.05) is 11.4 Å². The van der Waals surface area contributed by atoms with Crippen molar-refractivity contribution in [2.24, 2.45) is 5.73 Å². The van der Waals surface area contributed by atoms with Gasteiger partial charge in [0.05, 0.1) is 21.9 Å². The molecule has 0 bridgehead atoms. The number of rotatable bonds is 7. The zero-order valence-corrected chi connectivity index (χ0v) is 21.9. The lowest BCUT2D eigenvalue weighted by molar-refractivity contribution is -0.384. The molecule has 3 N–H and O–H groups in total. The van der Waals surface area contributed by atoms with Gasteiger partial charge >= 0.3 is 12.2 Å². The van der Waals surface area contributed by atoms with Gasteiger partial charge in [0.25, 0.3) is 5.69 Å². The lowest BCUT2D eigenvalue weighted by Crippen LogP contribution is -2.41. The first-order valence-electron chi connectivity index (χ1n) is 10.1. The van der Waals surface area contributed by atoms with E-state index < -0.39 is 28.2 Å². The molecule has 1 heterocycles. The molecule has 2 amide bonds. The van der Waals surface area contributed by atoms with Crippen LogP contribution >= 0.6 is 35.3 Å². The van der Waals surface area contributed by atoms with Crippen LogP contribution in [0.4, 0.5) is 34.5 Å². The Hall–Kier alpha value is -2.78. The fourth-order valence-corrected chi connectivity index (χ4v) is 3.84. The van der Waals surface area contributed by atoms with E-state index in [0.717, 1.165) is 28.4 Å². The van der Waals surface area contributed by atoms with Gasteiger partial charge in [-0.05, 0) is 38.5 Å². The van der Waals surface area contributed by atoms with Gasteiger partial charge in [0.2, 0.25) is 0 Å². The Bertz CT molecular complexity index is 1200. The minimum absolute atomic E-state index is 0. The van der Waals surface area contributed by atoms with Gasteiger partial charge < -0.3 is 11.1 Å². The molecular formula is C22H23F3IN5O3S. The first-order valence-corrected chi connectivity index (χ1v) is 11.0. The van der Waals surface area contributed by atoms with E-state index in [1.54, 1.807) is 25.3 Å². The number of alkyl halides is 3. The number of carbonyl (C=O) groups excluding carboxylic acids is 1. The largest absolute Gasteiger partial charge is 0.416 e. The molecule has 13 heteroatoms. The maximum absolute atomic E-state index is 13.3. The summed E-state index contributed by atoms with van der Waals surface area (Å²) in [5.41, 5.74) is 5.09. The van der Waals surface area contributed by atoms with E-state index in [4.69, 9.17) is 5.73 Å². The quantitative estimate of drug-likeness (QED) is 0.182.